The Bertz CT molecular complexity index is 155. The number of rotatable bonds is 3. The molecule has 0 aliphatic heterocycles. The van der Waals surface area contributed by atoms with Crippen LogP contribution in [0.25, 0.3) is 0 Å². The van der Waals surface area contributed by atoms with E-state index in [4.69, 9.17) is 4.74 Å². The molecule has 0 saturated heterocycles. The van der Waals surface area contributed by atoms with E-state index in [0.717, 1.165) is 25.7 Å². The number of carbonyl (C=O) groups is 1. The van der Waals surface area contributed by atoms with Crippen LogP contribution >= 0.6 is 0 Å². The SMILES string of the molecule is O=C(OCCF)OC1CCCCC1. The second kappa shape index (κ2) is 5.78. The van der Waals surface area contributed by atoms with Crippen molar-refractivity contribution in [3.63, 3.8) is 0 Å². The van der Waals surface area contributed by atoms with Crippen LogP contribution in [0.1, 0.15) is 32.1 Å². The minimum atomic E-state index is -0.732. The van der Waals surface area contributed by atoms with Crippen LogP contribution in [-0.4, -0.2) is 25.5 Å². The molecule has 1 saturated carbocycles. The van der Waals surface area contributed by atoms with Crippen molar-refractivity contribution in [3.8, 4) is 0 Å². The number of halogens is 1. The van der Waals surface area contributed by atoms with Gasteiger partial charge in [0, 0.05) is 0 Å². The minimum Gasteiger partial charge on any atom is -0.432 e. The van der Waals surface area contributed by atoms with Crippen LogP contribution in [0.5, 0.6) is 0 Å². The molecule has 0 radical (unpaired) electrons. The Morgan fingerprint density at radius 1 is 1.31 bits per heavy atom. The van der Waals surface area contributed by atoms with E-state index in [0.29, 0.717) is 0 Å². The fraction of sp³-hybridized carbons (Fsp3) is 0.889. The highest BCUT2D eigenvalue weighted by atomic mass is 19.1. The second-order valence-corrected chi connectivity index (χ2v) is 3.17. The first-order valence-corrected chi connectivity index (χ1v) is 4.72. The van der Waals surface area contributed by atoms with Crippen LogP contribution in [0.2, 0.25) is 0 Å². The van der Waals surface area contributed by atoms with E-state index in [9.17, 15) is 9.18 Å². The van der Waals surface area contributed by atoms with Crippen LogP contribution < -0.4 is 0 Å². The number of carbonyl (C=O) groups excluding carboxylic acids is 1. The zero-order valence-electron chi connectivity index (χ0n) is 7.63. The molecule has 0 bridgehead atoms. The van der Waals surface area contributed by atoms with Crippen molar-refractivity contribution in [2.24, 2.45) is 0 Å². The van der Waals surface area contributed by atoms with E-state index in [1.807, 2.05) is 0 Å². The molecule has 0 aromatic carbocycles. The first-order valence-electron chi connectivity index (χ1n) is 4.72. The van der Waals surface area contributed by atoms with Crippen LogP contribution in [0.4, 0.5) is 9.18 Å². The van der Waals surface area contributed by atoms with Crippen molar-refractivity contribution in [1.29, 1.82) is 0 Å². The maximum Gasteiger partial charge on any atom is 0.508 e. The highest BCUT2D eigenvalue weighted by molar-refractivity contribution is 5.60. The summed E-state index contributed by atoms with van der Waals surface area (Å²) in [5.74, 6) is 0. The van der Waals surface area contributed by atoms with Crippen molar-refractivity contribution >= 4 is 6.16 Å². The van der Waals surface area contributed by atoms with E-state index in [1.165, 1.54) is 6.42 Å². The Kier molecular flexibility index (Phi) is 4.57. The lowest BCUT2D eigenvalue weighted by Crippen LogP contribution is -2.21. The topological polar surface area (TPSA) is 35.5 Å². The highest BCUT2D eigenvalue weighted by Gasteiger charge is 2.18. The molecule has 76 valence electrons. The second-order valence-electron chi connectivity index (χ2n) is 3.17. The van der Waals surface area contributed by atoms with E-state index in [1.54, 1.807) is 0 Å². The maximum absolute atomic E-state index is 11.6. The zero-order valence-corrected chi connectivity index (χ0v) is 7.63. The van der Waals surface area contributed by atoms with Crippen molar-refractivity contribution in [2.75, 3.05) is 13.3 Å². The van der Waals surface area contributed by atoms with Crippen molar-refractivity contribution < 1.29 is 18.7 Å². The third kappa shape index (κ3) is 4.10. The van der Waals surface area contributed by atoms with Gasteiger partial charge in [-0.3, -0.25) is 0 Å². The van der Waals surface area contributed by atoms with Crippen LogP contribution in [0, 0.1) is 0 Å². The summed E-state index contributed by atoms with van der Waals surface area (Å²) in [5, 5.41) is 0. The summed E-state index contributed by atoms with van der Waals surface area (Å²) in [6.45, 7) is -0.856. The monoisotopic (exact) mass is 190 g/mol. The predicted molar refractivity (Wildman–Crippen MR) is 45.3 cm³/mol. The van der Waals surface area contributed by atoms with Crippen molar-refractivity contribution in [2.45, 2.75) is 38.2 Å². The van der Waals surface area contributed by atoms with E-state index >= 15 is 0 Å². The van der Waals surface area contributed by atoms with Gasteiger partial charge >= 0.3 is 6.16 Å². The van der Waals surface area contributed by atoms with Gasteiger partial charge in [-0.05, 0) is 25.7 Å². The molecular weight excluding hydrogens is 175 g/mol. The van der Waals surface area contributed by atoms with Crippen LogP contribution in [0.15, 0.2) is 0 Å². The first-order chi connectivity index (χ1) is 6.33. The fourth-order valence-electron chi connectivity index (χ4n) is 1.47. The Hall–Kier alpha value is -0.800. The lowest BCUT2D eigenvalue weighted by molar-refractivity contribution is 0.00898. The van der Waals surface area contributed by atoms with Crippen LogP contribution in [-0.2, 0) is 9.47 Å². The van der Waals surface area contributed by atoms with Gasteiger partial charge in [-0.2, -0.15) is 0 Å². The van der Waals surface area contributed by atoms with E-state index < -0.39 is 12.8 Å². The molecule has 0 amide bonds. The van der Waals surface area contributed by atoms with Crippen LogP contribution in [0.3, 0.4) is 0 Å². The molecule has 0 atom stereocenters. The van der Waals surface area contributed by atoms with Crippen molar-refractivity contribution in [3.05, 3.63) is 0 Å². The average molecular weight is 190 g/mol. The first kappa shape index (κ1) is 10.3. The molecule has 3 nitrogen and oxygen atoms in total. The molecule has 1 aliphatic rings. The minimum absolute atomic E-state index is 0.0131. The van der Waals surface area contributed by atoms with Crippen molar-refractivity contribution in [1.82, 2.24) is 0 Å². The predicted octanol–water partition coefficient (Wildman–Crippen LogP) is 2.44. The largest absolute Gasteiger partial charge is 0.508 e. The van der Waals surface area contributed by atoms with Gasteiger partial charge in [0.05, 0.1) is 0 Å². The Morgan fingerprint density at radius 2 is 2.00 bits per heavy atom. The van der Waals surface area contributed by atoms with Gasteiger partial charge < -0.3 is 9.47 Å². The van der Waals surface area contributed by atoms with E-state index in [2.05, 4.69) is 4.74 Å². The van der Waals surface area contributed by atoms with Gasteiger partial charge in [0.25, 0.3) is 0 Å². The molecule has 1 rings (SSSR count). The molecule has 1 fully saturated rings. The molecule has 4 heteroatoms. The zero-order chi connectivity index (χ0) is 9.52. The van der Waals surface area contributed by atoms with Gasteiger partial charge in [-0.15, -0.1) is 0 Å². The normalized spacial score (nSPS) is 18.2. The number of ether oxygens (including phenoxy) is 2. The molecule has 0 aromatic heterocycles. The standard InChI is InChI=1S/C9H15FO3/c10-6-7-12-9(11)13-8-4-2-1-3-5-8/h8H,1-7H2. The van der Waals surface area contributed by atoms with Gasteiger partial charge in [0.15, 0.2) is 0 Å². The van der Waals surface area contributed by atoms with Gasteiger partial charge in [-0.1, -0.05) is 6.42 Å². The summed E-state index contributed by atoms with van der Waals surface area (Å²) in [4.78, 5) is 10.9. The number of hydrogen-bond acceptors (Lipinski definition) is 3. The van der Waals surface area contributed by atoms with E-state index in [-0.39, 0.29) is 12.7 Å². The van der Waals surface area contributed by atoms with Gasteiger partial charge in [-0.25, -0.2) is 9.18 Å². The summed E-state index contributed by atoms with van der Waals surface area (Å²) in [6, 6.07) is 0. The summed E-state index contributed by atoms with van der Waals surface area (Å²) in [7, 11) is 0. The molecular formula is C9H15FO3. The molecule has 0 aromatic rings. The lowest BCUT2D eigenvalue weighted by atomic mass is 9.98. The molecule has 1 aliphatic carbocycles. The number of hydrogen-bond donors (Lipinski definition) is 0. The lowest BCUT2D eigenvalue weighted by Gasteiger charge is -2.20. The maximum atomic E-state index is 11.6. The third-order valence-corrected chi connectivity index (χ3v) is 2.11. The summed E-state index contributed by atoms with van der Waals surface area (Å²) < 4.78 is 21.0. The quantitative estimate of drug-likeness (QED) is 0.641. The third-order valence-electron chi connectivity index (χ3n) is 2.11. The Labute approximate surface area is 77.2 Å². The Balaban J connectivity index is 2.11. The average Bonchev–Trinajstić information content (AvgIpc) is 2.16. The molecule has 0 heterocycles. The van der Waals surface area contributed by atoms with Gasteiger partial charge in [0.2, 0.25) is 0 Å². The molecule has 0 spiro atoms. The molecule has 0 unspecified atom stereocenters. The smallest absolute Gasteiger partial charge is 0.432 e. The number of alkyl halides is 1. The fourth-order valence-corrected chi connectivity index (χ4v) is 1.47. The molecule has 0 N–H and O–H groups in total. The summed E-state index contributed by atoms with van der Waals surface area (Å²) in [5.41, 5.74) is 0. The summed E-state index contributed by atoms with van der Waals surface area (Å²) >= 11 is 0. The Morgan fingerprint density at radius 3 is 2.62 bits per heavy atom. The summed E-state index contributed by atoms with van der Waals surface area (Å²) in [6.07, 6.45) is 4.47. The molecule has 13 heavy (non-hydrogen) atoms. The highest BCUT2D eigenvalue weighted by Crippen LogP contribution is 2.20. The van der Waals surface area contributed by atoms with Gasteiger partial charge in [0.1, 0.15) is 19.4 Å².